The first-order valence-corrected chi connectivity index (χ1v) is 11.7. The van der Waals surface area contributed by atoms with Crippen LogP contribution in [0.5, 0.6) is 0 Å². The van der Waals surface area contributed by atoms with Gasteiger partial charge in [-0.3, -0.25) is 15.4 Å². The van der Waals surface area contributed by atoms with E-state index in [0.717, 1.165) is 16.9 Å². The van der Waals surface area contributed by atoms with E-state index in [-0.39, 0.29) is 10.9 Å². The summed E-state index contributed by atoms with van der Waals surface area (Å²) in [4.78, 5) is 29.5. The Hall–Kier alpha value is -3.76. The number of amides is 3. The van der Waals surface area contributed by atoms with E-state index in [1.165, 1.54) is 6.07 Å². The molecule has 2 aromatic carbocycles. The molecule has 0 aliphatic heterocycles. The highest BCUT2D eigenvalue weighted by Gasteiger charge is 2.16. The molecule has 0 saturated carbocycles. The molecule has 3 amide bonds. The number of benzene rings is 2. The molecule has 4 aromatic rings. The summed E-state index contributed by atoms with van der Waals surface area (Å²) < 4.78 is 21.0. The summed E-state index contributed by atoms with van der Waals surface area (Å²) in [6.45, 7) is 3.66. The summed E-state index contributed by atoms with van der Waals surface area (Å²) in [5.41, 5.74) is 2.51. The molecule has 4 rings (SSSR count). The Kier molecular flexibility index (Phi) is 7.51. The van der Waals surface area contributed by atoms with Crippen LogP contribution < -0.4 is 16.0 Å². The molecule has 0 saturated heterocycles. The van der Waals surface area contributed by atoms with Gasteiger partial charge in [0.25, 0.3) is 5.91 Å². The summed E-state index contributed by atoms with van der Waals surface area (Å²) >= 11 is 1.09. The van der Waals surface area contributed by atoms with Crippen molar-refractivity contribution in [2.75, 3.05) is 29.2 Å². The fourth-order valence-corrected chi connectivity index (χ4v) is 4.07. The second-order valence-electron chi connectivity index (χ2n) is 7.34. The Bertz CT molecular complexity index is 1290. The van der Waals surface area contributed by atoms with E-state index in [2.05, 4.69) is 20.9 Å². The van der Waals surface area contributed by atoms with E-state index in [1.807, 2.05) is 23.6 Å². The van der Waals surface area contributed by atoms with Gasteiger partial charge in [-0.1, -0.05) is 18.2 Å². The first-order chi connectivity index (χ1) is 16.5. The van der Waals surface area contributed by atoms with Gasteiger partial charge in [0, 0.05) is 31.0 Å². The number of anilines is 3. The highest BCUT2D eigenvalue weighted by molar-refractivity contribution is 7.14. The normalized spacial score (nSPS) is 10.9. The van der Waals surface area contributed by atoms with Gasteiger partial charge < -0.3 is 14.6 Å². The number of imidazole rings is 1. The number of urea groups is 1. The maximum Gasteiger partial charge on any atom is 0.326 e. The molecular weight excluding hydrogens is 457 g/mol. The van der Waals surface area contributed by atoms with E-state index in [4.69, 9.17) is 4.74 Å². The van der Waals surface area contributed by atoms with Crippen molar-refractivity contribution in [1.82, 2.24) is 9.55 Å². The van der Waals surface area contributed by atoms with E-state index in [9.17, 15) is 14.0 Å². The third-order valence-corrected chi connectivity index (χ3v) is 5.79. The zero-order chi connectivity index (χ0) is 23.9. The van der Waals surface area contributed by atoms with Crippen molar-refractivity contribution < 1.29 is 18.7 Å². The highest BCUT2D eigenvalue weighted by Crippen LogP contribution is 2.25. The molecule has 3 N–H and O–H groups in total. The van der Waals surface area contributed by atoms with Crippen LogP contribution in [0, 0.1) is 5.82 Å². The van der Waals surface area contributed by atoms with E-state index >= 15 is 0 Å². The molecule has 0 bridgehead atoms. The van der Waals surface area contributed by atoms with Crippen LogP contribution in [0.4, 0.5) is 25.8 Å². The van der Waals surface area contributed by atoms with Gasteiger partial charge in [0.1, 0.15) is 5.00 Å². The first-order valence-electron chi connectivity index (χ1n) is 10.8. The number of ether oxygens (including phenoxy) is 1. The number of carbonyl (C=O) groups is 2. The molecule has 34 heavy (non-hydrogen) atoms. The summed E-state index contributed by atoms with van der Waals surface area (Å²) in [5, 5.41) is 9.76. The summed E-state index contributed by atoms with van der Waals surface area (Å²) in [6, 6.07) is 15.0. The molecule has 0 aliphatic carbocycles. The Morgan fingerprint density at radius 2 is 1.91 bits per heavy atom. The molecule has 10 heteroatoms. The van der Waals surface area contributed by atoms with Crippen molar-refractivity contribution >= 4 is 50.9 Å². The second kappa shape index (κ2) is 10.9. The van der Waals surface area contributed by atoms with Crippen molar-refractivity contribution in [2.45, 2.75) is 19.9 Å². The number of hydrogen-bond donors (Lipinski definition) is 3. The van der Waals surface area contributed by atoms with Crippen LogP contribution in [0.2, 0.25) is 0 Å². The molecule has 8 nitrogen and oxygen atoms in total. The minimum atomic E-state index is -0.597. The van der Waals surface area contributed by atoms with Gasteiger partial charge in [0.15, 0.2) is 5.82 Å². The predicted molar refractivity (Wildman–Crippen MR) is 132 cm³/mol. The lowest BCUT2D eigenvalue weighted by Crippen LogP contribution is -2.22. The zero-order valence-corrected chi connectivity index (χ0v) is 19.3. The first kappa shape index (κ1) is 23.4. The van der Waals surface area contributed by atoms with Gasteiger partial charge in [-0.2, -0.15) is 0 Å². The SMILES string of the molecule is CCOCCCn1c(NC(=O)Nc2sccc2F)nc2cc(NC(=O)c3ccccc3)ccc21. The zero-order valence-electron chi connectivity index (χ0n) is 18.5. The Labute approximate surface area is 199 Å². The number of nitrogens with zero attached hydrogens (tertiary/aromatic N) is 2. The molecule has 0 unspecified atom stereocenters. The Balaban J connectivity index is 1.56. The standard InChI is InChI=1S/C24H24FN5O3S/c1-2-33-13-6-12-30-20-10-9-17(26-21(31)16-7-4-3-5-8-16)15-19(20)27-23(30)29-24(32)28-22-18(25)11-14-34-22/h3-5,7-11,14-15H,2,6,12-13H2,1H3,(H,26,31)(H2,27,28,29,32). The minimum Gasteiger partial charge on any atom is -0.382 e. The van der Waals surface area contributed by atoms with Crippen molar-refractivity contribution in [2.24, 2.45) is 0 Å². The predicted octanol–water partition coefficient (Wildman–Crippen LogP) is 5.56. The van der Waals surface area contributed by atoms with Crippen LogP contribution >= 0.6 is 11.3 Å². The average Bonchev–Trinajstić information content (AvgIpc) is 3.39. The van der Waals surface area contributed by atoms with Gasteiger partial charge in [-0.05, 0) is 55.1 Å². The third kappa shape index (κ3) is 5.59. The minimum absolute atomic E-state index is 0.127. The molecule has 176 valence electrons. The molecule has 0 spiro atoms. The van der Waals surface area contributed by atoms with Crippen molar-refractivity contribution in [3.05, 3.63) is 71.4 Å². The maximum absolute atomic E-state index is 13.7. The lowest BCUT2D eigenvalue weighted by atomic mass is 10.2. The van der Waals surface area contributed by atoms with E-state index < -0.39 is 11.8 Å². The van der Waals surface area contributed by atoms with Crippen molar-refractivity contribution in [1.29, 1.82) is 0 Å². The molecule has 0 atom stereocenters. The van der Waals surface area contributed by atoms with Crippen molar-refractivity contribution in [3.8, 4) is 0 Å². The van der Waals surface area contributed by atoms with E-state index in [0.29, 0.717) is 48.9 Å². The Morgan fingerprint density at radius 1 is 1.09 bits per heavy atom. The summed E-state index contributed by atoms with van der Waals surface area (Å²) in [6.07, 6.45) is 0.710. The average molecular weight is 482 g/mol. The fraction of sp³-hybridized carbons (Fsp3) is 0.208. The second-order valence-corrected chi connectivity index (χ2v) is 8.25. The number of hydrogen-bond acceptors (Lipinski definition) is 5. The van der Waals surface area contributed by atoms with Crippen LogP contribution in [0.1, 0.15) is 23.7 Å². The topological polar surface area (TPSA) is 97.3 Å². The van der Waals surface area contributed by atoms with Gasteiger partial charge >= 0.3 is 6.03 Å². The third-order valence-electron chi connectivity index (χ3n) is 4.99. The Morgan fingerprint density at radius 3 is 2.65 bits per heavy atom. The van der Waals surface area contributed by atoms with Gasteiger partial charge in [-0.25, -0.2) is 14.2 Å². The molecule has 2 aromatic heterocycles. The summed E-state index contributed by atoms with van der Waals surface area (Å²) in [7, 11) is 0. The number of carbonyl (C=O) groups excluding carboxylic acids is 2. The molecule has 0 radical (unpaired) electrons. The van der Waals surface area contributed by atoms with Gasteiger partial charge in [0.2, 0.25) is 5.95 Å². The number of aryl methyl sites for hydroxylation is 1. The van der Waals surface area contributed by atoms with Crippen LogP contribution in [0.25, 0.3) is 11.0 Å². The van der Waals surface area contributed by atoms with Gasteiger partial charge in [-0.15, -0.1) is 11.3 Å². The summed E-state index contributed by atoms with van der Waals surface area (Å²) in [5.74, 6) is -0.413. The maximum atomic E-state index is 13.7. The van der Waals surface area contributed by atoms with E-state index in [1.54, 1.807) is 41.8 Å². The monoisotopic (exact) mass is 481 g/mol. The highest BCUT2D eigenvalue weighted by atomic mass is 32.1. The largest absolute Gasteiger partial charge is 0.382 e. The number of thiophene rings is 1. The van der Waals surface area contributed by atoms with Crippen molar-refractivity contribution in [3.63, 3.8) is 0 Å². The number of rotatable bonds is 9. The van der Waals surface area contributed by atoms with Crippen LogP contribution in [0.15, 0.2) is 60.0 Å². The molecule has 0 fully saturated rings. The van der Waals surface area contributed by atoms with Crippen LogP contribution in [-0.4, -0.2) is 34.7 Å². The lowest BCUT2D eigenvalue weighted by Gasteiger charge is -2.11. The number of halogens is 1. The smallest absolute Gasteiger partial charge is 0.326 e. The lowest BCUT2D eigenvalue weighted by molar-refractivity contribution is 0.102. The molecule has 2 heterocycles. The van der Waals surface area contributed by atoms with Gasteiger partial charge in [0.05, 0.1) is 11.0 Å². The number of fused-ring (bicyclic) bond motifs is 1. The molecule has 0 aliphatic rings. The number of nitrogens with one attached hydrogen (secondary N) is 3. The van der Waals surface area contributed by atoms with Crippen LogP contribution in [-0.2, 0) is 11.3 Å². The number of aromatic nitrogens is 2. The molecular formula is C24H24FN5O3S. The van der Waals surface area contributed by atoms with Crippen LogP contribution in [0.3, 0.4) is 0 Å². The quantitative estimate of drug-likeness (QED) is 0.273. The fourth-order valence-electron chi connectivity index (χ4n) is 3.41.